The van der Waals surface area contributed by atoms with Crippen LogP contribution in [-0.2, 0) is 11.0 Å². The standard InChI is InChI=1S/C14H14ClF3N2O3/c15-8-3-4-10(9(7-8)14(16,17)18)19-12(23)20-13(11(21)22)5-1-2-6-13/h3-4,7H,1-2,5-6H2,(H,21,22)(H2,19,20,23). The molecule has 0 spiro atoms. The zero-order valence-corrected chi connectivity index (χ0v) is 12.6. The zero-order chi connectivity index (χ0) is 17.3. The number of nitrogens with one attached hydrogen (secondary N) is 2. The van der Waals surface area contributed by atoms with Crippen LogP contribution in [0, 0.1) is 0 Å². The molecule has 23 heavy (non-hydrogen) atoms. The second-order valence-corrected chi connectivity index (χ2v) is 5.80. The fraction of sp³-hybridized carbons (Fsp3) is 0.429. The van der Waals surface area contributed by atoms with E-state index in [9.17, 15) is 27.9 Å². The van der Waals surface area contributed by atoms with Crippen molar-refractivity contribution >= 4 is 29.3 Å². The van der Waals surface area contributed by atoms with Crippen LogP contribution in [0.15, 0.2) is 18.2 Å². The Kier molecular flexibility index (Phi) is 4.74. The maximum Gasteiger partial charge on any atom is 0.418 e. The highest BCUT2D eigenvalue weighted by Gasteiger charge is 2.43. The van der Waals surface area contributed by atoms with Crippen molar-refractivity contribution in [2.75, 3.05) is 5.32 Å². The Hall–Kier alpha value is -1.96. The summed E-state index contributed by atoms with van der Waals surface area (Å²) >= 11 is 5.55. The van der Waals surface area contributed by atoms with E-state index in [1.54, 1.807) is 0 Å². The number of alkyl halides is 3. The number of amides is 2. The molecule has 2 rings (SSSR count). The summed E-state index contributed by atoms with van der Waals surface area (Å²) in [6.07, 6.45) is -2.97. The summed E-state index contributed by atoms with van der Waals surface area (Å²) < 4.78 is 38.9. The van der Waals surface area contributed by atoms with Gasteiger partial charge in [0.1, 0.15) is 5.54 Å². The Morgan fingerprint density at radius 2 is 1.83 bits per heavy atom. The molecule has 1 aliphatic rings. The summed E-state index contributed by atoms with van der Waals surface area (Å²) in [4.78, 5) is 23.3. The summed E-state index contributed by atoms with van der Waals surface area (Å²) in [6.45, 7) is 0. The van der Waals surface area contributed by atoms with Gasteiger partial charge < -0.3 is 15.7 Å². The molecule has 5 nitrogen and oxygen atoms in total. The number of urea groups is 1. The van der Waals surface area contributed by atoms with E-state index in [1.807, 2.05) is 0 Å². The first-order chi connectivity index (χ1) is 10.6. The second-order valence-electron chi connectivity index (χ2n) is 5.36. The van der Waals surface area contributed by atoms with Crippen molar-refractivity contribution in [3.63, 3.8) is 0 Å². The molecule has 1 aromatic rings. The van der Waals surface area contributed by atoms with Crippen LogP contribution in [0.3, 0.4) is 0 Å². The van der Waals surface area contributed by atoms with Crippen LogP contribution in [0.1, 0.15) is 31.2 Å². The maximum atomic E-state index is 13.0. The number of carbonyl (C=O) groups is 2. The number of aliphatic carboxylic acids is 1. The number of rotatable bonds is 3. The van der Waals surface area contributed by atoms with Gasteiger partial charge in [0, 0.05) is 5.02 Å². The molecule has 1 fully saturated rings. The SMILES string of the molecule is O=C(Nc1ccc(Cl)cc1C(F)(F)F)NC1(C(=O)O)CCCC1. The molecule has 1 aromatic carbocycles. The maximum absolute atomic E-state index is 13.0. The minimum absolute atomic E-state index is 0.124. The summed E-state index contributed by atoms with van der Waals surface area (Å²) in [7, 11) is 0. The zero-order valence-electron chi connectivity index (χ0n) is 11.8. The quantitative estimate of drug-likeness (QED) is 0.774. The van der Waals surface area contributed by atoms with Gasteiger partial charge >= 0.3 is 18.2 Å². The molecule has 1 aliphatic carbocycles. The highest BCUT2D eigenvalue weighted by Crippen LogP contribution is 2.36. The Morgan fingerprint density at radius 1 is 1.22 bits per heavy atom. The third-order valence-corrected chi connectivity index (χ3v) is 3.99. The van der Waals surface area contributed by atoms with Gasteiger partial charge in [0.25, 0.3) is 0 Å². The molecule has 9 heteroatoms. The molecule has 0 saturated heterocycles. The van der Waals surface area contributed by atoms with E-state index in [4.69, 9.17) is 11.6 Å². The van der Waals surface area contributed by atoms with Gasteiger partial charge in [-0.05, 0) is 31.0 Å². The van der Waals surface area contributed by atoms with Crippen LogP contribution >= 0.6 is 11.6 Å². The molecule has 3 N–H and O–H groups in total. The molecule has 0 unspecified atom stereocenters. The highest BCUT2D eigenvalue weighted by atomic mass is 35.5. The molecule has 0 bridgehead atoms. The third-order valence-electron chi connectivity index (χ3n) is 3.75. The van der Waals surface area contributed by atoms with Crippen molar-refractivity contribution in [2.45, 2.75) is 37.4 Å². The average Bonchev–Trinajstić information content (AvgIpc) is 2.89. The second kappa shape index (κ2) is 6.27. The van der Waals surface area contributed by atoms with Gasteiger partial charge in [-0.15, -0.1) is 0 Å². The number of hydrogen-bond acceptors (Lipinski definition) is 2. The molecule has 0 aromatic heterocycles. The van der Waals surface area contributed by atoms with E-state index < -0.39 is 35.0 Å². The van der Waals surface area contributed by atoms with Gasteiger partial charge in [0.2, 0.25) is 0 Å². The number of halogens is 4. The lowest BCUT2D eigenvalue weighted by Crippen LogP contribution is -2.53. The van der Waals surface area contributed by atoms with Crippen LogP contribution in [-0.4, -0.2) is 22.6 Å². The van der Waals surface area contributed by atoms with Gasteiger partial charge in [-0.2, -0.15) is 13.2 Å². The lowest BCUT2D eigenvalue weighted by molar-refractivity contribution is -0.144. The van der Waals surface area contributed by atoms with Crippen molar-refractivity contribution in [3.8, 4) is 0 Å². The van der Waals surface area contributed by atoms with Gasteiger partial charge in [-0.3, -0.25) is 0 Å². The van der Waals surface area contributed by atoms with Gasteiger partial charge in [0.15, 0.2) is 0 Å². The minimum atomic E-state index is -4.70. The lowest BCUT2D eigenvalue weighted by Gasteiger charge is -2.25. The van der Waals surface area contributed by atoms with E-state index in [2.05, 4.69) is 10.6 Å². The fourth-order valence-electron chi connectivity index (χ4n) is 2.60. The Balaban J connectivity index is 2.19. The molecule has 0 radical (unpaired) electrons. The number of benzene rings is 1. The Labute approximate surface area is 134 Å². The van der Waals surface area contributed by atoms with E-state index in [-0.39, 0.29) is 17.9 Å². The normalized spacial score (nSPS) is 16.9. The van der Waals surface area contributed by atoms with Gasteiger partial charge in [0.05, 0.1) is 11.3 Å². The number of hydrogen-bond donors (Lipinski definition) is 3. The predicted octanol–water partition coefficient (Wildman–Crippen LogP) is 3.88. The first kappa shape index (κ1) is 17.4. The third kappa shape index (κ3) is 3.87. The number of anilines is 1. The van der Waals surface area contributed by atoms with E-state index in [0.717, 1.165) is 6.07 Å². The monoisotopic (exact) mass is 350 g/mol. The van der Waals surface area contributed by atoms with E-state index >= 15 is 0 Å². The molecular formula is C14H14ClF3N2O3. The fourth-order valence-corrected chi connectivity index (χ4v) is 2.77. The topological polar surface area (TPSA) is 78.4 Å². The lowest BCUT2D eigenvalue weighted by atomic mass is 9.98. The molecule has 0 atom stereocenters. The van der Waals surface area contributed by atoms with Gasteiger partial charge in [-0.1, -0.05) is 24.4 Å². The van der Waals surface area contributed by atoms with Crippen molar-refractivity contribution in [2.24, 2.45) is 0 Å². The van der Waals surface area contributed by atoms with Gasteiger partial charge in [-0.25, -0.2) is 9.59 Å². The van der Waals surface area contributed by atoms with Crippen LogP contribution in [0.5, 0.6) is 0 Å². The van der Waals surface area contributed by atoms with Crippen molar-refractivity contribution in [1.82, 2.24) is 5.32 Å². The molecule has 126 valence electrons. The predicted molar refractivity (Wildman–Crippen MR) is 77.4 cm³/mol. The van der Waals surface area contributed by atoms with E-state index in [1.165, 1.54) is 6.07 Å². The Morgan fingerprint density at radius 3 is 2.35 bits per heavy atom. The van der Waals surface area contributed by atoms with Crippen LogP contribution in [0.4, 0.5) is 23.7 Å². The summed E-state index contributed by atoms with van der Waals surface area (Å²) in [5.41, 5.74) is -3.02. The van der Waals surface area contributed by atoms with Crippen molar-refractivity contribution in [3.05, 3.63) is 28.8 Å². The smallest absolute Gasteiger partial charge is 0.418 e. The average molecular weight is 351 g/mol. The van der Waals surface area contributed by atoms with Crippen molar-refractivity contribution in [1.29, 1.82) is 0 Å². The van der Waals surface area contributed by atoms with Crippen LogP contribution in [0.25, 0.3) is 0 Å². The first-order valence-corrected chi connectivity index (χ1v) is 7.21. The highest BCUT2D eigenvalue weighted by molar-refractivity contribution is 6.30. The Bertz CT molecular complexity index is 628. The molecule has 0 heterocycles. The summed E-state index contributed by atoms with van der Waals surface area (Å²) in [5, 5.41) is 13.5. The van der Waals surface area contributed by atoms with Crippen LogP contribution < -0.4 is 10.6 Å². The summed E-state index contributed by atoms with van der Waals surface area (Å²) in [6, 6.07) is 1.92. The minimum Gasteiger partial charge on any atom is -0.480 e. The number of carbonyl (C=O) groups excluding carboxylic acids is 1. The number of carboxylic acid groups (broad SMARTS) is 1. The van der Waals surface area contributed by atoms with Crippen LogP contribution in [0.2, 0.25) is 5.02 Å². The molecular weight excluding hydrogens is 337 g/mol. The molecule has 1 saturated carbocycles. The number of carboxylic acids is 1. The summed E-state index contributed by atoms with van der Waals surface area (Å²) in [5.74, 6) is -1.20. The molecule has 0 aliphatic heterocycles. The van der Waals surface area contributed by atoms with E-state index in [0.29, 0.717) is 18.9 Å². The molecule has 2 amide bonds. The van der Waals surface area contributed by atoms with Crippen molar-refractivity contribution < 1.29 is 27.9 Å². The largest absolute Gasteiger partial charge is 0.480 e. The first-order valence-electron chi connectivity index (χ1n) is 6.83.